The predicted octanol–water partition coefficient (Wildman–Crippen LogP) is 0.386. The number of halogens is 3. The van der Waals surface area contributed by atoms with E-state index in [1.165, 1.54) is 0 Å². The van der Waals surface area contributed by atoms with Crippen LogP contribution in [0.15, 0.2) is 0 Å². The molecule has 0 aromatic heterocycles. The van der Waals surface area contributed by atoms with Crippen molar-refractivity contribution in [2.75, 3.05) is 6.54 Å². The van der Waals surface area contributed by atoms with E-state index in [-0.39, 0.29) is 6.42 Å². The van der Waals surface area contributed by atoms with Gasteiger partial charge in [-0.2, -0.15) is 13.2 Å². The highest BCUT2D eigenvalue weighted by Gasteiger charge is 2.48. The summed E-state index contributed by atoms with van der Waals surface area (Å²) in [5.41, 5.74) is 0. The lowest BCUT2D eigenvalue weighted by atomic mass is 10.3. The van der Waals surface area contributed by atoms with Gasteiger partial charge in [0.2, 0.25) is 5.91 Å². The van der Waals surface area contributed by atoms with Crippen LogP contribution >= 0.6 is 0 Å². The number of amides is 1. The molecule has 2 unspecified atom stereocenters. The molecule has 0 aliphatic heterocycles. The highest BCUT2D eigenvalue weighted by Crippen LogP contribution is 2.38. The van der Waals surface area contributed by atoms with Gasteiger partial charge in [-0.05, 0) is 6.42 Å². The first-order chi connectivity index (χ1) is 6.31. The smallest absolute Gasteiger partial charge is 0.405 e. The molecule has 0 heterocycles. The third-order valence-electron chi connectivity index (χ3n) is 1.91. The summed E-state index contributed by atoms with van der Waals surface area (Å²) in [5, 5.41) is 10.0. The highest BCUT2D eigenvalue weighted by molar-refractivity contribution is 5.89. The lowest BCUT2D eigenvalue weighted by molar-refractivity contribution is -0.142. The van der Waals surface area contributed by atoms with Gasteiger partial charge in [-0.3, -0.25) is 9.59 Å². The lowest BCUT2D eigenvalue weighted by Gasteiger charge is -2.07. The Kier molecular flexibility index (Phi) is 2.68. The number of rotatable bonds is 3. The molecule has 0 aromatic carbocycles. The van der Waals surface area contributed by atoms with Gasteiger partial charge >= 0.3 is 12.1 Å². The van der Waals surface area contributed by atoms with Gasteiger partial charge < -0.3 is 10.4 Å². The fraction of sp³-hybridized carbons (Fsp3) is 0.714. The molecule has 1 rings (SSSR count). The SMILES string of the molecule is O=C(O)C1CC1C(=O)NCC(F)(F)F. The number of nitrogens with one attached hydrogen (secondary N) is 1. The maximum Gasteiger partial charge on any atom is 0.405 e. The summed E-state index contributed by atoms with van der Waals surface area (Å²) < 4.78 is 34.9. The van der Waals surface area contributed by atoms with Crippen LogP contribution in [0.1, 0.15) is 6.42 Å². The summed E-state index contributed by atoms with van der Waals surface area (Å²) >= 11 is 0. The van der Waals surface area contributed by atoms with Crippen LogP contribution in [-0.2, 0) is 9.59 Å². The predicted molar refractivity (Wildman–Crippen MR) is 38.3 cm³/mol. The van der Waals surface area contributed by atoms with Crippen LogP contribution in [0.4, 0.5) is 13.2 Å². The number of hydrogen-bond acceptors (Lipinski definition) is 2. The summed E-state index contributed by atoms with van der Waals surface area (Å²) in [7, 11) is 0. The van der Waals surface area contributed by atoms with Crippen molar-refractivity contribution in [1.82, 2.24) is 5.32 Å². The third-order valence-corrected chi connectivity index (χ3v) is 1.91. The highest BCUT2D eigenvalue weighted by atomic mass is 19.4. The molecule has 0 saturated heterocycles. The van der Waals surface area contributed by atoms with Crippen LogP contribution in [0.2, 0.25) is 0 Å². The number of alkyl halides is 3. The minimum Gasteiger partial charge on any atom is -0.481 e. The number of carbonyl (C=O) groups excluding carboxylic acids is 1. The number of carboxylic acid groups (broad SMARTS) is 1. The molecular formula is C7H8F3NO3. The van der Waals surface area contributed by atoms with Crippen LogP contribution < -0.4 is 5.32 Å². The quantitative estimate of drug-likeness (QED) is 0.709. The van der Waals surface area contributed by atoms with Crippen molar-refractivity contribution in [3.8, 4) is 0 Å². The molecule has 80 valence electrons. The number of aliphatic carboxylic acids is 1. The van der Waals surface area contributed by atoms with Crippen molar-refractivity contribution >= 4 is 11.9 Å². The Balaban J connectivity index is 2.29. The van der Waals surface area contributed by atoms with Crippen molar-refractivity contribution in [2.24, 2.45) is 11.8 Å². The van der Waals surface area contributed by atoms with Gasteiger partial charge in [-0.15, -0.1) is 0 Å². The molecule has 1 aliphatic carbocycles. The topological polar surface area (TPSA) is 66.4 Å². The summed E-state index contributed by atoms with van der Waals surface area (Å²) in [5.74, 6) is -3.59. The molecular weight excluding hydrogens is 203 g/mol. The first kappa shape index (κ1) is 10.8. The Hall–Kier alpha value is -1.27. The van der Waals surface area contributed by atoms with Crippen molar-refractivity contribution in [3.63, 3.8) is 0 Å². The monoisotopic (exact) mass is 211 g/mol. The molecule has 7 heteroatoms. The van der Waals surface area contributed by atoms with Crippen molar-refractivity contribution in [1.29, 1.82) is 0 Å². The van der Waals surface area contributed by atoms with E-state index in [9.17, 15) is 22.8 Å². The van der Waals surface area contributed by atoms with Gasteiger partial charge in [0.1, 0.15) is 6.54 Å². The molecule has 4 nitrogen and oxygen atoms in total. The van der Waals surface area contributed by atoms with E-state index in [1.54, 1.807) is 5.32 Å². The summed E-state index contributed by atoms with van der Waals surface area (Å²) in [6.45, 7) is -1.41. The molecule has 1 saturated carbocycles. The van der Waals surface area contributed by atoms with Crippen LogP contribution in [0.3, 0.4) is 0 Å². The zero-order valence-corrected chi connectivity index (χ0v) is 6.97. The number of hydrogen-bond donors (Lipinski definition) is 2. The minimum absolute atomic E-state index is 0.124. The van der Waals surface area contributed by atoms with Crippen molar-refractivity contribution in [3.05, 3.63) is 0 Å². The first-order valence-corrected chi connectivity index (χ1v) is 3.88. The Morgan fingerprint density at radius 2 is 1.93 bits per heavy atom. The lowest BCUT2D eigenvalue weighted by Crippen LogP contribution is -2.35. The van der Waals surface area contributed by atoms with E-state index < -0.39 is 36.4 Å². The normalized spacial score (nSPS) is 25.6. The molecule has 1 fully saturated rings. The molecule has 0 radical (unpaired) electrons. The number of carboxylic acids is 1. The van der Waals surface area contributed by atoms with Gasteiger partial charge in [-0.25, -0.2) is 0 Å². The van der Waals surface area contributed by atoms with Crippen LogP contribution in [0.25, 0.3) is 0 Å². The zero-order valence-electron chi connectivity index (χ0n) is 6.97. The van der Waals surface area contributed by atoms with Crippen molar-refractivity contribution < 1.29 is 27.9 Å². The fourth-order valence-corrected chi connectivity index (χ4v) is 1.08. The van der Waals surface area contributed by atoms with E-state index in [0.717, 1.165) is 0 Å². The Morgan fingerprint density at radius 3 is 2.29 bits per heavy atom. The van der Waals surface area contributed by atoms with Crippen LogP contribution in [0.5, 0.6) is 0 Å². The maximum atomic E-state index is 11.6. The second kappa shape index (κ2) is 3.47. The molecule has 0 aromatic rings. The molecule has 0 bridgehead atoms. The first-order valence-electron chi connectivity index (χ1n) is 3.88. The Bertz CT molecular complexity index is 263. The van der Waals surface area contributed by atoms with E-state index >= 15 is 0 Å². The average Bonchev–Trinajstić information content (AvgIpc) is 2.77. The van der Waals surface area contributed by atoms with E-state index in [2.05, 4.69) is 0 Å². The number of carbonyl (C=O) groups is 2. The Labute approximate surface area is 77.1 Å². The summed E-state index contributed by atoms with van der Waals surface area (Å²) in [6.07, 6.45) is -4.33. The molecule has 0 spiro atoms. The second-order valence-electron chi connectivity index (χ2n) is 3.12. The van der Waals surface area contributed by atoms with Crippen LogP contribution in [-0.4, -0.2) is 29.7 Å². The van der Waals surface area contributed by atoms with E-state index in [0.29, 0.717) is 0 Å². The van der Waals surface area contributed by atoms with Crippen molar-refractivity contribution in [2.45, 2.75) is 12.6 Å². The largest absolute Gasteiger partial charge is 0.481 e. The van der Waals surface area contributed by atoms with Gasteiger partial charge in [0, 0.05) is 0 Å². The molecule has 1 amide bonds. The third kappa shape index (κ3) is 2.90. The average molecular weight is 211 g/mol. The van der Waals surface area contributed by atoms with Gasteiger partial charge in [0.15, 0.2) is 0 Å². The van der Waals surface area contributed by atoms with E-state index in [1.807, 2.05) is 0 Å². The molecule has 2 atom stereocenters. The molecule has 2 N–H and O–H groups in total. The zero-order chi connectivity index (χ0) is 10.9. The maximum absolute atomic E-state index is 11.6. The van der Waals surface area contributed by atoms with Gasteiger partial charge in [0.25, 0.3) is 0 Å². The van der Waals surface area contributed by atoms with E-state index in [4.69, 9.17) is 5.11 Å². The second-order valence-corrected chi connectivity index (χ2v) is 3.12. The minimum atomic E-state index is -4.46. The summed E-state index contributed by atoms with van der Waals surface area (Å²) in [4.78, 5) is 21.2. The van der Waals surface area contributed by atoms with Gasteiger partial charge in [-0.1, -0.05) is 0 Å². The fourth-order valence-electron chi connectivity index (χ4n) is 1.08. The molecule has 14 heavy (non-hydrogen) atoms. The summed E-state index contributed by atoms with van der Waals surface area (Å²) in [6, 6.07) is 0. The van der Waals surface area contributed by atoms with Crippen LogP contribution in [0, 0.1) is 11.8 Å². The molecule has 1 aliphatic rings. The standard InChI is InChI=1S/C7H8F3NO3/c8-7(9,10)2-11-5(12)3-1-4(3)6(13)14/h3-4H,1-2H2,(H,11,12)(H,13,14). The Morgan fingerprint density at radius 1 is 1.36 bits per heavy atom. The van der Waals surface area contributed by atoms with Gasteiger partial charge in [0.05, 0.1) is 11.8 Å².